The van der Waals surface area contributed by atoms with Gasteiger partial charge < -0.3 is 18.9 Å². The monoisotopic (exact) mass is 476 g/mol. The van der Waals surface area contributed by atoms with Crippen molar-refractivity contribution >= 4 is 19.0 Å². The highest BCUT2D eigenvalue weighted by Gasteiger charge is 2.31. The van der Waals surface area contributed by atoms with Crippen molar-refractivity contribution in [3.05, 3.63) is 0 Å². The van der Waals surface area contributed by atoms with Gasteiger partial charge in [-0.25, -0.2) is 0 Å². The Hall–Kier alpha value is 0.274. The van der Waals surface area contributed by atoms with Crippen molar-refractivity contribution in [2.75, 3.05) is 26.4 Å². The Morgan fingerprint density at radius 1 is 0.452 bits per heavy atom. The van der Waals surface area contributed by atoms with E-state index in [1.54, 1.807) is 0 Å². The molecule has 0 aromatic rings. The first-order valence-corrected chi connectivity index (χ1v) is 17.0. The molecule has 0 heterocycles. The second-order valence-electron chi connectivity index (χ2n) is 8.90. The van der Waals surface area contributed by atoms with Crippen LogP contribution in [0.5, 0.6) is 0 Å². The van der Waals surface area contributed by atoms with Crippen molar-refractivity contribution in [1.29, 1.82) is 0 Å². The number of rotatable bonds is 24. The predicted molar refractivity (Wildman–Crippen MR) is 141 cm³/mol. The van der Waals surface area contributed by atoms with Gasteiger partial charge in [0, 0.05) is 26.4 Å². The quantitative estimate of drug-likeness (QED) is 0.0980. The molecule has 0 aromatic carbocycles. The average Bonchev–Trinajstić information content (AvgIpc) is 2.78. The van der Waals surface area contributed by atoms with Crippen LogP contribution in [0.1, 0.15) is 112 Å². The molecule has 0 N–H and O–H groups in total. The fourth-order valence-electron chi connectivity index (χ4n) is 3.71. The molecule has 0 radical (unpaired) electrons. The SMILES string of the molecule is CCCCOC(CC)(OCCCC)[SiH2]CCC[SiH2]C(CC)(OCCCC)OCCCC. The Morgan fingerprint density at radius 2 is 0.742 bits per heavy atom. The standard InChI is InChI=1S/C25H56O4Si2/c1-7-13-18-26-24(11-5,27-19-14-8-2)30-22-17-23-31-25(12-6,28-20-15-9-3)29-21-16-10-4/h7-23,30-31H2,1-6H3. The molecule has 0 fully saturated rings. The zero-order valence-corrected chi connectivity index (χ0v) is 24.9. The summed E-state index contributed by atoms with van der Waals surface area (Å²) in [5.74, 6) is 0. The second kappa shape index (κ2) is 20.9. The Bertz CT molecular complexity index is 329. The molecule has 0 aliphatic carbocycles. The highest BCUT2D eigenvalue weighted by atomic mass is 28.2. The maximum atomic E-state index is 6.37. The molecule has 0 amide bonds. The summed E-state index contributed by atoms with van der Waals surface area (Å²) in [4.78, 5) is 0. The highest BCUT2D eigenvalue weighted by Crippen LogP contribution is 2.23. The van der Waals surface area contributed by atoms with Crippen LogP contribution in [0.4, 0.5) is 0 Å². The molecule has 0 saturated carbocycles. The zero-order valence-electron chi connectivity index (χ0n) is 22.1. The molecular weight excluding hydrogens is 420 g/mol. The van der Waals surface area contributed by atoms with Crippen molar-refractivity contribution < 1.29 is 18.9 Å². The minimum atomic E-state index is -0.451. The molecule has 4 nitrogen and oxygen atoms in total. The molecule has 0 rings (SSSR count). The van der Waals surface area contributed by atoms with E-state index in [1.807, 2.05) is 0 Å². The molecule has 0 bridgehead atoms. The van der Waals surface area contributed by atoms with E-state index >= 15 is 0 Å². The average molecular weight is 477 g/mol. The number of hydrogen-bond acceptors (Lipinski definition) is 4. The molecule has 31 heavy (non-hydrogen) atoms. The maximum absolute atomic E-state index is 6.37. The topological polar surface area (TPSA) is 36.9 Å². The summed E-state index contributed by atoms with van der Waals surface area (Å²) in [5, 5.41) is 0. The third-order valence-electron chi connectivity index (χ3n) is 6.14. The van der Waals surface area contributed by atoms with Gasteiger partial charge in [0.2, 0.25) is 0 Å². The lowest BCUT2D eigenvalue weighted by molar-refractivity contribution is -0.183. The van der Waals surface area contributed by atoms with Gasteiger partial charge in [-0.15, -0.1) is 0 Å². The van der Waals surface area contributed by atoms with E-state index in [9.17, 15) is 0 Å². The van der Waals surface area contributed by atoms with Gasteiger partial charge in [0.1, 0.15) is 10.8 Å². The first-order valence-electron chi connectivity index (χ1n) is 13.6. The molecule has 0 saturated heterocycles. The molecule has 0 aromatic heterocycles. The van der Waals surface area contributed by atoms with Gasteiger partial charge in [0.05, 0.1) is 19.0 Å². The highest BCUT2D eigenvalue weighted by molar-refractivity contribution is 6.41. The van der Waals surface area contributed by atoms with Crippen LogP contribution >= 0.6 is 0 Å². The van der Waals surface area contributed by atoms with Crippen LogP contribution in [0, 0.1) is 0 Å². The van der Waals surface area contributed by atoms with Gasteiger partial charge in [-0.3, -0.25) is 0 Å². The minimum absolute atomic E-state index is 0.247. The second-order valence-corrected chi connectivity index (χ2v) is 13.5. The summed E-state index contributed by atoms with van der Waals surface area (Å²) in [7, 11) is -0.902. The molecular formula is C25H56O4Si2. The summed E-state index contributed by atoms with van der Waals surface area (Å²) < 4.78 is 25.5. The number of ether oxygens (including phenoxy) is 4. The van der Waals surface area contributed by atoms with E-state index in [-0.39, 0.29) is 10.8 Å². The first kappa shape index (κ1) is 31.3. The van der Waals surface area contributed by atoms with Crippen molar-refractivity contribution in [2.45, 2.75) is 135 Å². The lowest BCUT2D eigenvalue weighted by atomic mass is 10.3. The van der Waals surface area contributed by atoms with Gasteiger partial charge in [-0.2, -0.15) is 0 Å². The fraction of sp³-hybridized carbons (Fsp3) is 1.00. The summed E-state index contributed by atoms with van der Waals surface area (Å²) in [6, 6.07) is 2.59. The van der Waals surface area contributed by atoms with Crippen molar-refractivity contribution in [3.63, 3.8) is 0 Å². The van der Waals surface area contributed by atoms with Crippen LogP contribution in [0.3, 0.4) is 0 Å². The molecule has 0 unspecified atom stereocenters. The lowest BCUT2D eigenvalue weighted by Crippen LogP contribution is -2.43. The molecule has 0 spiro atoms. The Morgan fingerprint density at radius 3 is 0.968 bits per heavy atom. The third kappa shape index (κ3) is 14.9. The first-order chi connectivity index (χ1) is 15.1. The van der Waals surface area contributed by atoms with E-state index in [4.69, 9.17) is 18.9 Å². The zero-order chi connectivity index (χ0) is 23.3. The number of hydrogen-bond donors (Lipinski definition) is 0. The lowest BCUT2D eigenvalue weighted by Gasteiger charge is -2.34. The van der Waals surface area contributed by atoms with Gasteiger partial charge >= 0.3 is 0 Å². The van der Waals surface area contributed by atoms with Gasteiger partial charge in [0.25, 0.3) is 0 Å². The summed E-state index contributed by atoms with van der Waals surface area (Å²) in [6.45, 7) is 16.7. The van der Waals surface area contributed by atoms with Gasteiger partial charge in [-0.1, -0.05) is 85.7 Å². The van der Waals surface area contributed by atoms with Crippen LogP contribution in [0.15, 0.2) is 0 Å². The third-order valence-corrected chi connectivity index (χ3v) is 11.2. The smallest absolute Gasteiger partial charge is 0.144 e. The fourth-order valence-corrected chi connectivity index (χ4v) is 8.56. The number of unbranched alkanes of at least 4 members (excludes halogenated alkanes) is 4. The van der Waals surface area contributed by atoms with E-state index in [0.29, 0.717) is 0 Å². The molecule has 0 atom stereocenters. The Labute approximate surface area is 199 Å². The summed E-state index contributed by atoms with van der Waals surface area (Å²) in [6.07, 6.45) is 12.5. The van der Waals surface area contributed by atoms with E-state index in [2.05, 4.69) is 41.5 Å². The van der Waals surface area contributed by atoms with Crippen LogP contribution in [-0.4, -0.2) is 56.3 Å². The molecule has 188 valence electrons. The van der Waals surface area contributed by atoms with Crippen molar-refractivity contribution in [3.8, 4) is 0 Å². The Balaban J connectivity index is 4.66. The van der Waals surface area contributed by atoms with Crippen LogP contribution in [0.25, 0.3) is 0 Å². The normalized spacial score (nSPS) is 13.4. The maximum Gasteiger partial charge on any atom is 0.144 e. The Kier molecular flexibility index (Phi) is 21.0. The van der Waals surface area contributed by atoms with E-state index in [1.165, 1.54) is 44.2 Å². The van der Waals surface area contributed by atoms with Crippen LogP contribution < -0.4 is 0 Å². The van der Waals surface area contributed by atoms with E-state index < -0.39 is 19.0 Å². The summed E-state index contributed by atoms with van der Waals surface area (Å²) >= 11 is 0. The van der Waals surface area contributed by atoms with Gasteiger partial charge in [-0.05, 0) is 38.5 Å². The largest absolute Gasteiger partial charge is 0.354 e. The molecule has 0 aliphatic heterocycles. The minimum Gasteiger partial charge on any atom is -0.354 e. The molecule has 6 heteroatoms. The predicted octanol–water partition coefficient (Wildman–Crippen LogP) is 5.95. The van der Waals surface area contributed by atoms with Gasteiger partial charge in [0.15, 0.2) is 0 Å². The van der Waals surface area contributed by atoms with Crippen molar-refractivity contribution in [1.82, 2.24) is 0 Å². The summed E-state index contributed by atoms with van der Waals surface area (Å²) in [5.41, 5.74) is -0.494. The van der Waals surface area contributed by atoms with E-state index in [0.717, 1.165) is 65.0 Å². The molecule has 0 aliphatic rings. The van der Waals surface area contributed by atoms with Crippen molar-refractivity contribution in [2.24, 2.45) is 0 Å². The van der Waals surface area contributed by atoms with Crippen LogP contribution in [-0.2, 0) is 18.9 Å². The van der Waals surface area contributed by atoms with Crippen LogP contribution in [0.2, 0.25) is 12.1 Å².